The van der Waals surface area contributed by atoms with Gasteiger partial charge in [-0.2, -0.15) is 0 Å². The Balaban J connectivity index is 0.00000180. The second kappa shape index (κ2) is 9.64. The number of aliphatic hydroxyl groups is 1. The molecule has 0 aromatic carbocycles. The molecule has 2 N–H and O–H groups in total. The van der Waals surface area contributed by atoms with Gasteiger partial charge in [0.25, 0.3) is 0 Å². The highest BCUT2D eigenvalue weighted by atomic mass is 35.5. The van der Waals surface area contributed by atoms with Gasteiger partial charge in [-0.3, -0.25) is 4.90 Å². The second-order valence-corrected chi connectivity index (χ2v) is 5.39. The van der Waals surface area contributed by atoms with E-state index < -0.39 is 0 Å². The fourth-order valence-corrected chi connectivity index (χ4v) is 2.54. The van der Waals surface area contributed by atoms with Crippen LogP contribution in [0.2, 0.25) is 0 Å². The van der Waals surface area contributed by atoms with E-state index in [1.807, 2.05) is 12.1 Å². The molecule has 0 aliphatic carbocycles. The molecule has 2 rings (SSSR count). The number of nitrogens with zero attached hydrogens (tertiary/aromatic N) is 1. The van der Waals surface area contributed by atoms with Crippen molar-refractivity contribution in [3.05, 3.63) is 23.7 Å². The molecule has 1 aromatic rings. The van der Waals surface area contributed by atoms with Crippen molar-refractivity contribution in [2.75, 3.05) is 26.2 Å². The molecule has 20 heavy (non-hydrogen) atoms. The number of furan rings is 1. The fourth-order valence-electron chi connectivity index (χ4n) is 2.54. The Morgan fingerprint density at radius 1 is 1.25 bits per heavy atom. The minimum absolute atomic E-state index is 0. The Morgan fingerprint density at radius 2 is 1.90 bits per heavy atom. The molecule has 1 saturated heterocycles. The summed E-state index contributed by atoms with van der Waals surface area (Å²) in [5.74, 6) is 2.29. The number of piperazine rings is 1. The Morgan fingerprint density at radius 3 is 2.40 bits per heavy atom. The molecule has 4 nitrogen and oxygen atoms in total. The highest BCUT2D eigenvalue weighted by molar-refractivity contribution is 5.85. The average molecular weight is 325 g/mol. The maximum Gasteiger partial charge on any atom is 0.129 e. The molecule has 0 bridgehead atoms. The summed E-state index contributed by atoms with van der Waals surface area (Å²) in [4.78, 5) is 2.48. The molecule has 118 valence electrons. The Bertz CT molecular complexity index is 366. The number of hydrogen-bond donors (Lipinski definition) is 2. The SMILES string of the molecule is CC(C)C[C@@H](c1ccc(CO)o1)N1CCNCC1.Cl.Cl. The molecule has 1 fully saturated rings. The summed E-state index contributed by atoms with van der Waals surface area (Å²) in [7, 11) is 0. The Kier molecular flexibility index (Phi) is 9.51. The lowest BCUT2D eigenvalue weighted by molar-refractivity contribution is 0.131. The van der Waals surface area contributed by atoms with Gasteiger partial charge in [-0.05, 0) is 24.5 Å². The third-order valence-corrected chi connectivity index (χ3v) is 3.45. The zero-order valence-electron chi connectivity index (χ0n) is 12.2. The zero-order valence-corrected chi connectivity index (χ0v) is 13.8. The topological polar surface area (TPSA) is 48.6 Å². The number of halogens is 2. The van der Waals surface area contributed by atoms with Gasteiger partial charge < -0.3 is 14.8 Å². The van der Waals surface area contributed by atoms with Crippen LogP contribution < -0.4 is 5.32 Å². The van der Waals surface area contributed by atoms with Crippen molar-refractivity contribution in [2.24, 2.45) is 5.92 Å². The van der Waals surface area contributed by atoms with Gasteiger partial charge in [-0.1, -0.05) is 13.8 Å². The predicted octanol–water partition coefficient (Wildman–Crippen LogP) is 2.61. The third kappa shape index (κ3) is 5.26. The van der Waals surface area contributed by atoms with Crippen molar-refractivity contribution >= 4 is 24.8 Å². The van der Waals surface area contributed by atoms with Crippen LogP contribution in [0.4, 0.5) is 0 Å². The fraction of sp³-hybridized carbons (Fsp3) is 0.714. The van der Waals surface area contributed by atoms with Crippen LogP contribution in [0.25, 0.3) is 0 Å². The van der Waals surface area contributed by atoms with E-state index in [1.165, 1.54) is 0 Å². The number of rotatable bonds is 5. The first-order valence-electron chi connectivity index (χ1n) is 6.85. The smallest absolute Gasteiger partial charge is 0.129 e. The molecule has 2 heterocycles. The second-order valence-electron chi connectivity index (χ2n) is 5.39. The van der Waals surface area contributed by atoms with E-state index in [9.17, 15) is 0 Å². The highest BCUT2D eigenvalue weighted by Gasteiger charge is 2.25. The van der Waals surface area contributed by atoms with Gasteiger partial charge >= 0.3 is 0 Å². The average Bonchev–Trinajstić information content (AvgIpc) is 2.85. The first-order valence-corrected chi connectivity index (χ1v) is 6.85. The maximum atomic E-state index is 9.11. The number of aliphatic hydroxyl groups excluding tert-OH is 1. The van der Waals surface area contributed by atoms with Crippen molar-refractivity contribution in [3.8, 4) is 0 Å². The predicted molar refractivity (Wildman–Crippen MR) is 85.8 cm³/mol. The van der Waals surface area contributed by atoms with Gasteiger partial charge in [0, 0.05) is 26.2 Å². The summed E-state index contributed by atoms with van der Waals surface area (Å²) >= 11 is 0. The molecule has 1 aliphatic heterocycles. The van der Waals surface area contributed by atoms with E-state index in [4.69, 9.17) is 9.52 Å². The molecule has 0 unspecified atom stereocenters. The first-order chi connectivity index (χ1) is 8.70. The van der Waals surface area contributed by atoms with E-state index in [0.29, 0.717) is 17.7 Å². The summed E-state index contributed by atoms with van der Waals surface area (Å²) in [5.41, 5.74) is 0. The molecular formula is C14H26Cl2N2O2. The zero-order chi connectivity index (χ0) is 13.0. The lowest BCUT2D eigenvalue weighted by Crippen LogP contribution is -2.45. The van der Waals surface area contributed by atoms with Crippen LogP contribution in [0.5, 0.6) is 0 Å². The van der Waals surface area contributed by atoms with Crippen LogP contribution in [-0.4, -0.2) is 36.2 Å². The molecule has 0 amide bonds. The molecule has 1 atom stereocenters. The standard InChI is InChI=1S/C14H24N2O2.2ClH/c1-11(2)9-13(16-7-5-15-6-8-16)14-4-3-12(10-17)18-14;;/h3-4,11,13,15,17H,5-10H2,1-2H3;2*1H/t13-;;/m0../s1. The lowest BCUT2D eigenvalue weighted by atomic mass is 10.00. The van der Waals surface area contributed by atoms with Crippen LogP contribution in [0, 0.1) is 5.92 Å². The molecular weight excluding hydrogens is 299 g/mol. The van der Waals surface area contributed by atoms with Crippen molar-refractivity contribution in [3.63, 3.8) is 0 Å². The first kappa shape index (κ1) is 19.7. The van der Waals surface area contributed by atoms with Gasteiger partial charge in [-0.25, -0.2) is 0 Å². The van der Waals surface area contributed by atoms with Gasteiger partial charge in [0.05, 0.1) is 6.04 Å². The van der Waals surface area contributed by atoms with Gasteiger partial charge in [0.2, 0.25) is 0 Å². The molecule has 0 spiro atoms. The Hall–Kier alpha value is -0.260. The minimum atomic E-state index is -0.0179. The Labute approximate surface area is 133 Å². The quantitative estimate of drug-likeness (QED) is 0.874. The van der Waals surface area contributed by atoms with Crippen LogP contribution >= 0.6 is 24.8 Å². The summed E-state index contributed by atoms with van der Waals surface area (Å²) in [6.07, 6.45) is 1.10. The van der Waals surface area contributed by atoms with Crippen molar-refractivity contribution < 1.29 is 9.52 Å². The molecule has 0 saturated carbocycles. The molecule has 6 heteroatoms. The van der Waals surface area contributed by atoms with Gasteiger partial charge in [0.15, 0.2) is 0 Å². The molecule has 1 aromatic heterocycles. The van der Waals surface area contributed by atoms with E-state index in [2.05, 4.69) is 24.1 Å². The van der Waals surface area contributed by atoms with Gasteiger partial charge in [0.1, 0.15) is 18.1 Å². The summed E-state index contributed by atoms with van der Waals surface area (Å²) < 4.78 is 5.74. The van der Waals surface area contributed by atoms with Crippen LogP contribution in [-0.2, 0) is 6.61 Å². The lowest BCUT2D eigenvalue weighted by Gasteiger charge is -2.34. The monoisotopic (exact) mass is 324 g/mol. The summed E-state index contributed by atoms with van der Waals surface area (Å²) in [6.45, 7) is 8.68. The van der Waals surface area contributed by atoms with Crippen molar-refractivity contribution in [1.82, 2.24) is 10.2 Å². The van der Waals surface area contributed by atoms with Crippen LogP contribution in [0.1, 0.15) is 37.8 Å². The largest absolute Gasteiger partial charge is 0.462 e. The van der Waals surface area contributed by atoms with Gasteiger partial charge in [-0.15, -0.1) is 24.8 Å². The van der Waals surface area contributed by atoms with E-state index in [1.54, 1.807) is 0 Å². The maximum absolute atomic E-state index is 9.11. The number of nitrogens with one attached hydrogen (secondary N) is 1. The minimum Gasteiger partial charge on any atom is -0.462 e. The van der Waals surface area contributed by atoms with E-state index >= 15 is 0 Å². The normalized spacial score (nSPS) is 17.4. The molecule has 1 aliphatic rings. The summed E-state index contributed by atoms with van der Waals surface area (Å²) in [6, 6.07) is 4.23. The third-order valence-electron chi connectivity index (χ3n) is 3.45. The highest BCUT2D eigenvalue weighted by Crippen LogP contribution is 2.29. The van der Waals surface area contributed by atoms with E-state index in [0.717, 1.165) is 38.4 Å². The molecule has 0 radical (unpaired) electrons. The number of hydrogen-bond acceptors (Lipinski definition) is 4. The summed E-state index contributed by atoms with van der Waals surface area (Å²) in [5, 5.41) is 12.5. The van der Waals surface area contributed by atoms with Crippen LogP contribution in [0.3, 0.4) is 0 Å². The van der Waals surface area contributed by atoms with Crippen LogP contribution in [0.15, 0.2) is 16.5 Å². The van der Waals surface area contributed by atoms with E-state index in [-0.39, 0.29) is 31.4 Å². The van der Waals surface area contributed by atoms with Crippen molar-refractivity contribution in [2.45, 2.75) is 32.9 Å². The van der Waals surface area contributed by atoms with Crippen molar-refractivity contribution in [1.29, 1.82) is 0 Å².